The van der Waals surface area contributed by atoms with E-state index in [2.05, 4.69) is 0 Å². The standard InChI is InChI=1S/C10H18NO3.Na/c1-9(2)5-7(8(12)13)6-10(3,4)11(9)14;/h7H,5-6H2,1-4H3,(H,12,13);/q-1;+1. The third-order valence-corrected chi connectivity index (χ3v) is 2.94. The van der Waals surface area contributed by atoms with Crippen LogP contribution in [0.3, 0.4) is 0 Å². The average Bonchev–Trinajstić information content (AvgIpc) is 1.98. The zero-order chi connectivity index (χ0) is 11.1. The zero-order valence-electron chi connectivity index (χ0n) is 10.2. The van der Waals surface area contributed by atoms with Gasteiger partial charge in [0.05, 0.1) is 5.92 Å². The molecule has 0 aromatic heterocycles. The number of hydroxylamine groups is 2. The molecule has 1 aliphatic heterocycles. The number of hydrogen-bond acceptors (Lipinski definition) is 3. The maximum Gasteiger partial charge on any atom is 1.00 e. The largest absolute Gasteiger partial charge is 1.00 e. The van der Waals surface area contributed by atoms with Crippen LogP contribution in [0.15, 0.2) is 0 Å². The molecule has 15 heavy (non-hydrogen) atoms. The van der Waals surface area contributed by atoms with E-state index in [1.54, 1.807) is 27.7 Å². The molecule has 5 heteroatoms. The normalized spacial score (nSPS) is 25.7. The van der Waals surface area contributed by atoms with Crippen molar-refractivity contribution in [3.05, 3.63) is 5.21 Å². The summed E-state index contributed by atoms with van der Waals surface area (Å²) in [6.07, 6.45) is 0.852. The Labute approximate surface area is 113 Å². The van der Waals surface area contributed by atoms with E-state index in [4.69, 9.17) is 5.11 Å². The van der Waals surface area contributed by atoms with Gasteiger partial charge in [-0.3, -0.25) is 4.79 Å². The van der Waals surface area contributed by atoms with E-state index in [1.165, 1.54) is 0 Å². The first-order valence-electron chi connectivity index (χ1n) is 4.87. The molecule has 1 fully saturated rings. The predicted molar refractivity (Wildman–Crippen MR) is 53.7 cm³/mol. The number of aliphatic carboxylic acids is 1. The van der Waals surface area contributed by atoms with Crippen molar-refractivity contribution >= 4 is 5.97 Å². The summed E-state index contributed by atoms with van der Waals surface area (Å²) >= 11 is 0. The average molecular weight is 223 g/mol. The summed E-state index contributed by atoms with van der Waals surface area (Å²) in [6, 6.07) is 0. The molecular formula is C10H18NNaO3. The maximum absolute atomic E-state index is 11.9. The van der Waals surface area contributed by atoms with E-state index in [-0.39, 0.29) is 29.6 Å². The molecule has 1 N–H and O–H groups in total. The Morgan fingerprint density at radius 3 is 1.87 bits per heavy atom. The minimum absolute atomic E-state index is 0. The molecule has 0 radical (unpaired) electrons. The van der Waals surface area contributed by atoms with Crippen LogP contribution in [-0.4, -0.2) is 27.2 Å². The van der Waals surface area contributed by atoms with Crippen molar-refractivity contribution in [3.8, 4) is 0 Å². The van der Waals surface area contributed by atoms with Crippen molar-refractivity contribution in [2.24, 2.45) is 5.92 Å². The van der Waals surface area contributed by atoms with Gasteiger partial charge in [0.1, 0.15) is 0 Å². The summed E-state index contributed by atoms with van der Waals surface area (Å²) in [5, 5.41) is 21.9. The second kappa shape index (κ2) is 4.72. The Balaban J connectivity index is 0.00000196. The van der Waals surface area contributed by atoms with Crippen LogP contribution in [0, 0.1) is 11.1 Å². The molecule has 0 unspecified atom stereocenters. The maximum atomic E-state index is 11.9. The molecule has 4 nitrogen and oxygen atoms in total. The molecule has 0 amide bonds. The van der Waals surface area contributed by atoms with Gasteiger partial charge in [0.2, 0.25) is 0 Å². The number of hydrogen-bond donors (Lipinski definition) is 1. The topological polar surface area (TPSA) is 63.6 Å². The molecule has 1 rings (SSSR count). The van der Waals surface area contributed by atoms with Crippen molar-refractivity contribution in [2.45, 2.75) is 51.6 Å². The van der Waals surface area contributed by atoms with Gasteiger partial charge in [0.15, 0.2) is 0 Å². The summed E-state index contributed by atoms with van der Waals surface area (Å²) < 4.78 is 0. The molecule has 0 bridgehead atoms. The van der Waals surface area contributed by atoms with Gasteiger partial charge < -0.3 is 15.4 Å². The van der Waals surface area contributed by atoms with Gasteiger partial charge in [0.25, 0.3) is 0 Å². The van der Waals surface area contributed by atoms with Crippen LogP contribution in [0.5, 0.6) is 0 Å². The van der Waals surface area contributed by atoms with Crippen molar-refractivity contribution in [2.75, 3.05) is 0 Å². The Morgan fingerprint density at radius 1 is 1.27 bits per heavy atom. The van der Waals surface area contributed by atoms with Crippen LogP contribution in [0.2, 0.25) is 0 Å². The van der Waals surface area contributed by atoms with Crippen LogP contribution in [-0.2, 0) is 4.79 Å². The van der Waals surface area contributed by atoms with Gasteiger partial charge in [-0.1, -0.05) is 0 Å². The second-order valence-electron chi connectivity index (χ2n) is 5.36. The van der Waals surface area contributed by atoms with Crippen LogP contribution in [0.25, 0.3) is 0 Å². The van der Waals surface area contributed by atoms with Crippen molar-refractivity contribution in [1.82, 2.24) is 5.06 Å². The predicted octanol–water partition coefficient (Wildman–Crippen LogP) is -1.16. The van der Waals surface area contributed by atoms with E-state index >= 15 is 0 Å². The number of nitrogens with zero attached hydrogens (tertiary/aromatic N) is 1. The summed E-state index contributed by atoms with van der Waals surface area (Å²) in [7, 11) is 0. The zero-order valence-corrected chi connectivity index (χ0v) is 12.2. The summed E-state index contributed by atoms with van der Waals surface area (Å²) in [6.45, 7) is 7.21. The fourth-order valence-electron chi connectivity index (χ4n) is 2.44. The molecule has 1 aliphatic rings. The number of piperidine rings is 1. The van der Waals surface area contributed by atoms with E-state index in [0.29, 0.717) is 12.8 Å². The van der Waals surface area contributed by atoms with Crippen LogP contribution in [0.4, 0.5) is 0 Å². The number of carbonyl (C=O) groups is 1. The van der Waals surface area contributed by atoms with Crippen LogP contribution >= 0.6 is 0 Å². The summed E-state index contributed by atoms with van der Waals surface area (Å²) in [5.74, 6) is -1.19. The molecule has 82 valence electrons. The Bertz CT molecular complexity index is 235. The minimum Gasteiger partial charge on any atom is -0.784 e. The van der Waals surface area contributed by atoms with Gasteiger partial charge >= 0.3 is 35.5 Å². The molecule has 0 aromatic carbocycles. The van der Waals surface area contributed by atoms with Crippen molar-refractivity contribution in [1.29, 1.82) is 0 Å². The SMILES string of the molecule is CC1(C)CC(C(=O)O)CC(C)(C)N1[O-].[Na+]. The fraction of sp³-hybridized carbons (Fsp3) is 0.900. The Hall–Kier alpha value is 0.390. The third kappa shape index (κ3) is 3.17. The number of carboxylic acid groups (broad SMARTS) is 1. The van der Waals surface area contributed by atoms with E-state index in [0.717, 1.165) is 5.06 Å². The van der Waals surface area contributed by atoms with Gasteiger partial charge in [-0.15, -0.1) is 0 Å². The summed E-state index contributed by atoms with van der Waals surface area (Å²) in [5.41, 5.74) is -1.16. The summed E-state index contributed by atoms with van der Waals surface area (Å²) in [4.78, 5) is 10.9. The number of carboxylic acids is 1. The quantitative estimate of drug-likeness (QED) is 0.570. The molecule has 0 spiro atoms. The van der Waals surface area contributed by atoms with Crippen molar-refractivity contribution in [3.63, 3.8) is 0 Å². The van der Waals surface area contributed by atoms with Gasteiger partial charge in [-0.05, 0) is 40.5 Å². The first-order chi connectivity index (χ1) is 6.17. The smallest absolute Gasteiger partial charge is 0.784 e. The minimum atomic E-state index is -0.792. The Morgan fingerprint density at radius 2 is 1.60 bits per heavy atom. The molecule has 0 aromatic rings. The van der Waals surface area contributed by atoms with Gasteiger partial charge in [-0.2, -0.15) is 0 Å². The van der Waals surface area contributed by atoms with Gasteiger partial charge in [0, 0.05) is 11.1 Å². The molecular weight excluding hydrogens is 205 g/mol. The molecule has 0 atom stereocenters. The Kier molecular flexibility index (Phi) is 4.84. The van der Waals surface area contributed by atoms with Crippen molar-refractivity contribution < 1.29 is 39.5 Å². The van der Waals surface area contributed by atoms with Gasteiger partial charge in [-0.25, -0.2) is 0 Å². The van der Waals surface area contributed by atoms with Crippen LogP contribution in [0.1, 0.15) is 40.5 Å². The number of rotatable bonds is 1. The second-order valence-corrected chi connectivity index (χ2v) is 5.36. The fourth-order valence-corrected chi connectivity index (χ4v) is 2.44. The first kappa shape index (κ1) is 15.4. The third-order valence-electron chi connectivity index (χ3n) is 2.94. The van der Waals surface area contributed by atoms with E-state index in [9.17, 15) is 10.0 Å². The first-order valence-corrected chi connectivity index (χ1v) is 4.87. The monoisotopic (exact) mass is 223 g/mol. The van der Waals surface area contributed by atoms with E-state index in [1.807, 2.05) is 0 Å². The molecule has 1 saturated heterocycles. The van der Waals surface area contributed by atoms with E-state index < -0.39 is 23.0 Å². The van der Waals surface area contributed by atoms with Crippen LogP contribution < -0.4 is 29.6 Å². The molecule has 0 saturated carbocycles. The molecule has 1 heterocycles. The molecule has 0 aliphatic carbocycles.